The Morgan fingerprint density at radius 1 is 1.10 bits per heavy atom. The van der Waals surface area contributed by atoms with Gasteiger partial charge in [-0.1, -0.05) is 15.9 Å². The van der Waals surface area contributed by atoms with Crippen LogP contribution >= 0.6 is 15.9 Å². The maximum absolute atomic E-state index is 13.3. The second-order valence-corrected chi connectivity index (χ2v) is 5.85. The van der Waals surface area contributed by atoms with Crippen molar-refractivity contribution in [3.8, 4) is 5.75 Å². The maximum Gasteiger partial charge on any atom is 0.194 e. The highest BCUT2D eigenvalue weighted by atomic mass is 79.9. The molecule has 1 aliphatic heterocycles. The molecule has 1 heterocycles. The molecule has 2 aromatic carbocycles. The smallest absolute Gasteiger partial charge is 0.194 e. The van der Waals surface area contributed by atoms with Crippen LogP contribution in [0.3, 0.4) is 0 Å². The molecule has 21 heavy (non-hydrogen) atoms. The van der Waals surface area contributed by atoms with Crippen molar-refractivity contribution in [2.24, 2.45) is 5.73 Å². The fourth-order valence-corrected chi connectivity index (χ4v) is 2.82. The highest BCUT2D eigenvalue weighted by molar-refractivity contribution is 9.10. The van der Waals surface area contributed by atoms with Gasteiger partial charge in [0, 0.05) is 22.5 Å². The summed E-state index contributed by atoms with van der Waals surface area (Å²) >= 11 is 3.35. The van der Waals surface area contributed by atoms with Crippen molar-refractivity contribution >= 4 is 15.9 Å². The second kappa shape index (κ2) is 5.35. The van der Waals surface area contributed by atoms with Crippen molar-refractivity contribution in [2.75, 3.05) is 0 Å². The summed E-state index contributed by atoms with van der Waals surface area (Å²) in [4.78, 5) is 0. The van der Waals surface area contributed by atoms with Gasteiger partial charge < -0.3 is 10.5 Å². The largest absolute Gasteiger partial charge is 0.485 e. The molecule has 0 spiro atoms. The third-order valence-electron chi connectivity index (χ3n) is 3.49. The molecule has 0 fully saturated rings. The van der Waals surface area contributed by atoms with Crippen LogP contribution in [0, 0.1) is 17.5 Å². The quantitative estimate of drug-likeness (QED) is 0.768. The minimum Gasteiger partial charge on any atom is -0.485 e. The van der Waals surface area contributed by atoms with Crippen LogP contribution in [0.2, 0.25) is 0 Å². The molecule has 1 aliphatic rings. The second-order valence-electron chi connectivity index (χ2n) is 4.93. The molecule has 3 rings (SSSR count). The minimum absolute atomic E-state index is 0.232. The fraction of sp³-hybridized carbons (Fsp3) is 0.200. The maximum atomic E-state index is 13.3. The Hall–Kier alpha value is -1.53. The summed E-state index contributed by atoms with van der Waals surface area (Å²) in [6.07, 6.45) is -0.258. The van der Waals surface area contributed by atoms with Crippen LogP contribution in [0.4, 0.5) is 13.2 Å². The highest BCUT2D eigenvalue weighted by Crippen LogP contribution is 2.41. The number of nitrogens with two attached hydrogens (primary N) is 1. The molecule has 2 atom stereocenters. The standard InChI is InChI=1S/C15H11BrF3NO/c16-8-1-2-13-9(5-8)12(20)6-14(21-13)7-3-10(17)15(19)11(18)4-7/h1-5,12,14H,6,20H2/t12-,14?/m0/s1. The Balaban J connectivity index is 1.98. The highest BCUT2D eigenvalue weighted by Gasteiger charge is 2.28. The minimum atomic E-state index is -1.48. The van der Waals surface area contributed by atoms with Crippen LogP contribution in [0.5, 0.6) is 5.75 Å². The topological polar surface area (TPSA) is 35.2 Å². The average Bonchev–Trinajstić information content (AvgIpc) is 2.44. The summed E-state index contributed by atoms with van der Waals surface area (Å²) in [7, 11) is 0. The molecule has 6 heteroatoms. The zero-order chi connectivity index (χ0) is 15.1. The third-order valence-corrected chi connectivity index (χ3v) is 3.98. The van der Waals surface area contributed by atoms with E-state index < -0.39 is 23.6 Å². The molecule has 0 saturated heterocycles. The van der Waals surface area contributed by atoms with E-state index in [4.69, 9.17) is 10.5 Å². The van der Waals surface area contributed by atoms with Gasteiger partial charge in [0.15, 0.2) is 17.5 Å². The molecule has 110 valence electrons. The van der Waals surface area contributed by atoms with Gasteiger partial charge in [-0.15, -0.1) is 0 Å². The van der Waals surface area contributed by atoms with E-state index in [0.717, 1.165) is 22.2 Å². The van der Waals surface area contributed by atoms with Crippen molar-refractivity contribution in [3.63, 3.8) is 0 Å². The van der Waals surface area contributed by atoms with E-state index in [9.17, 15) is 13.2 Å². The molecule has 0 aromatic heterocycles. The number of rotatable bonds is 1. The van der Waals surface area contributed by atoms with Crippen LogP contribution in [0.25, 0.3) is 0 Å². The molecule has 0 saturated carbocycles. The number of hydrogen-bond acceptors (Lipinski definition) is 2. The van der Waals surface area contributed by atoms with E-state index >= 15 is 0 Å². The Morgan fingerprint density at radius 2 is 1.76 bits per heavy atom. The van der Waals surface area contributed by atoms with E-state index in [1.807, 2.05) is 6.07 Å². The first-order valence-corrected chi connectivity index (χ1v) is 7.11. The number of benzene rings is 2. The van der Waals surface area contributed by atoms with Gasteiger partial charge in [0.05, 0.1) is 0 Å². The first kappa shape index (κ1) is 14.4. The van der Waals surface area contributed by atoms with Crippen LogP contribution < -0.4 is 10.5 Å². The average molecular weight is 358 g/mol. The first-order valence-electron chi connectivity index (χ1n) is 6.32. The van der Waals surface area contributed by atoms with Crippen LogP contribution in [0.1, 0.15) is 29.7 Å². The molecule has 2 aromatic rings. The predicted octanol–water partition coefficient (Wildman–Crippen LogP) is 4.39. The summed E-state index contributed by atoms with van der Waals surface area (Å²) in [6.45, 7) is 0. The molecule has 0 amide bonds. The zero-order valence-corrected chi connectivity index (χ0v) is 12.3. The van der Waals surface area contributed by atoms with Gasteiger partial charge in [0.1, 0.15) is 11.9 Å². The van der Waals surface area contributed by atoms with Gasteiger partial charge in [-0.25, -0.2) is 13.2 Å². The lowest BCUT2D eigenvalue weighted by atomic mass is 9.93. The van der Waals surface area contributed by atoms with Gasteiger partial charge in [0.2, 0.25) is 0 Å². The van der Waals surface area contributed by atoms with Gasteiger partial charge >= 0.3 is 0 Å². The fourth-order valence-electron chi connectivity index (χ4n) is 2.44. The lowest BCUT2D eigenvalue weighted by Crippen LogP contribution is -2.24. The lowest BCUT2D eigenvalue weighted by Gasteiger charge is -2.30. The van der Waals surface area contributed by atoms with E-state index in [1.54, 1.807) is 12.1 Å². The van der Waals surface area contributed by atoms with Gasteiger partial charge in [-0.05, 0) is 35.9 Å². The van der Waals surface area contributed by atoms with E-state index in [-0.39, 0.29) is 11.6 Å². The molecular formula is C15H11BrF3NO. The molecule has 0 radical (unpaired) electrons. The SMILES string of the molecule is N[C@H]1CC(c2cc(F)c(F)c(F)c2)Oc2ccc(Br)cc21. The Bertz CT molecular complexity index is 684. The van der Waals surface area contributed by atoms with Crippen molar-refractivity contribution in [2.45, 2.75) is 18.6 Å². The summed E-state index contributed by atoms with van der Waals surface area (Å²) in [5.74, 6) is -3.39. The van der Waals surface area contributed by atoms with Gasteiger partial charge in [0.25, 0.3) is 0 Å². The lowest BCUT2D eigenvalue weighted by molar-refractivity contribution is 0.160. The summed E-state index contributed by atoms with van der Waals surface area (Å²) in [5.41, 5.74) is 7.14. The van der Waals surface area contributed by atoms with Crippen LogP contribution in [-0.2, 0) is 0 Å². The third kappa shape index (κ3) is 2.65. The van der Waals surface area contributed by atoms with Crippen molar-refractivity contribution < 1.29 is 17.9 Å². The Morgan fingerprint density at radius 3 is 2.43 bits per heavy atom. The number of hydrogen-bond donors (Lipinski definition) is 1. The molecular weight excluding hydrogens is 347 g/mol. The van der Waals surface area contributed by atoms with Crippen LogP contribution in [-0.4, -0.2) is 0 Å². The van der Waals surface area contributed by atoms with E-state index in [2.05, 4.69) is 15.9 Å². The molecule has 0 bridgehead atoms. The molecule has 1 unspecified atom stereocenters. The number of halogens is 4. The first-order chi connectivity index (χ1) is 9.95. The molecule has 2 N–H and O–H groups in total. The van der Waals surface area contributed by atoms with Crippen LogP contribution in [0.15, 0.2) is 34.8 Å². The summed E-state index contributed by atoms with van der Waals surface area (Å²) in [5, 5.41) is 0. The van der Waals surface area contributed by atoms with Crippen molar-refractivity contribution in [1.29, 1.82) is 0 Å². The van der Waals surface area contributed by atoms with Gasteiger partial charge in [-0.3, -0.25) is 0 Å². The number of ether oxygens (including phenoxy) is 1. The zero-order valence-electron chi connectivity index (χ0n) is 10.7. The monoisotopic (exact) mass is 357 g/mol. The molecule has 0 aliphatic carbocycles. The van der Waals surface area contributed by atoms with E-state index in [0.29, 0.717) is 12.2 Å². The molecule has 2 nitrogen and oxygen atoms in total. The summed E-state index contributed by atoms with van der Waals surface area (Å²) < 4.78 is 46.3. The van der Waals surface area contributed by atoms with E-state index in [1.165, 1.54) is 0 Å². The van der Waals surface area contributed by atoms with Crippen molar-refractivity contribution in [3.05, 3.63) is 63.4 Å². The van der Waals surface area contributed by atoms with Gasteiger partial charge in [-0.2, -0.15) is 0 Å². The normalized spacial score (nSPS) is 20.8. The number of fused-ring (bicyclic) bond motifs is 1. The summed E-state index contributed by atoms with van der Waals surface area (Å²) in [6, 6.07) is 6.94. The predicted molar refractivity (Wildman–Crippen MR) is 75.4 cm³/mol. The Kier molecular flexibility index (Phi) is 3.67. The van der Waals surface area contributed by atoms with Crippen molar-refractivity contribution in [1.82, 2.24) is 0 Å². The Labute approximate surface area is 127 Å².